The van der Waals surface area contributed by atoms with E-state index >= 15 is 0 Å². The average Bonchev–Trinajstić information content (AvgIpc) is 2.08. The zero-order valence-electron chi connectivity index (χ0n) is 10.3. The minimum atomic E-state index is -3.49. The zero-order chi connectivity index (χ0) is 14.1. The van der Waals surface area contributed by atoms with Crippen LogP contribution in [0.2, 0.25) is 10.0 Å². The monoisotopic (exact) mass is 311 g/mol. The minimum absolute atomic E-state index is 0.00374. The lowest BCUT2D eigenvalue weighted by Gasteiger charge is -2.19. The molecule has 0 radical (unpaired) electrons. The summed E-state index contributed by atoms with van der Waals surface area (Å²) in [5, 5.41) is 9.37. The van der Waals surface area contributed by atoms with E-state index in [2.05, 4.69) is 4.72 Å². The molecule has 0 aliphatic heterocycles. The van der Waals surface area contributed by atoms with Gasteiger partial charge in [-0.05, 0) is 17.5 Å². The van der Waals surface area contributed by atoms with Gasteiger partial charge in [0, 0.05) is 0 Å². The van der Waals surface area contributed by atoms with Gasteiger partial charge in [0.05, 0.1) is 21.5 Å². The van der Waals surface area contributed by atoms with Gasteiger partial charge in [-0.25, -0.2) is 8.42 Å². The third-order valence-corrected chi connectivity index (χ3v) is 4.28. The van der Waals surface area contributed by atoms with E-state index in [0.717, 1.165) is 0 Å². The number of phenols is 1. The number of benzene rings is 1. The largest absolute Gasteiger partial charge is 0.505 e. The smallest absolute Gasteiger partial charge is 0.233 e. The van der Waals surface area contributed by atoms with Crippen LogP contribution in [0.5, 0.6) is 5.75 Å². The Morgan fingerprint density at radius 2 is 1.67 bits per heavy atom. The van der Waals surface area contributed by atoms with Crippen molar-refractivity contribution in [3.63, 3.8) is 0 Å². The molecule has 7 heteroatoms. The molecule has 1 aromatic carbocycles. The fourth-order valence-electron chi connectivity index (χ4n) is 1.41. The molecule has 4 nitrogen and oxygen atoms in total. The Bertz CT molecular complexity index is 527. The molecule has 0 bridgehead atoms. The Morgan fingerprint density at radius 1 is 1.22 bits per heavy atom. The first-order valence-corrected chi connectivity index (χ1v) is 7.59. The second kappa shape index (κ2) is 5.15. The molecule has 0 aliphatic rings. The van der Waals surface area contributed by atoms with Crippen LogP contribution in [0.4, 0.5) is 5.69 Å². The lowest BCUT2D eigenvalue weighted by atomic mass is 10.0. The van der Waals surface area contributed by atoms with Crippen molar-refractivity contribution in [1.82, 2.24) is 0 Å². The molecule has 0 spiro atoms. The highest BCUT2D eigenvalue weighted by molar-refractivity contribution is 7.92. The summed E-state index contributed by atoms with van der Waals surface area (Å²) in [5.74, 6) is -0.298. The van der Waals surface area contributed by atoms with Crippen LogP contribution < -0.4 is 4.72 Å². The van der Waals surface area contributed by atoms with Gasteiger partial charge >= 0.3 is 0 Å². The van der Waals surface area contributed by atoms with Crippen LogP contribution in [0.3, 0.4) is 0 Å². The van der Waals surface area contributed by atoms with Crippen molar-refractivity contribution in [2.24, 2.45) is 5.41 Å². The minimum Gasteiger partial charge on any atom is -0.505 e. The highest BCUT2D eigenvalue weighted by Crippen LogP contribution is 2.35. The first-order chi connectivity index (χ1) is 8.00. The molecule has 2 N–H and O–H groups in total. The summed E-state index contributed by atoms with van der Waals surface area (Å²) in [5.41, 5.74) is -0.136. The van der Waals surface area contributed by atoms with E-state index in [1.807, 2.05) is 20.8 Å². The molecule has 0 fully saturated rings. The van der Waals surface area contributed by atoms with Gasteiger partial charge in [-0.2, -0.15) is 0 Å². The van der Waals surface area contributed by atoms with Gasteiger partial charge in [0.2, 0.25) is 10.0 Å². The summed E-state index contributed by atoms with van der Waals surface area (Å²) in [7, 11) is -3.49. The Kier molecular flexibility index (Phi) is 4.41. The molecule has 0 amide bonds. The molecule has 0 aliphatic carbocycles. The van der Waals surface area contributed by atoms with Crippen molar-refractivity contribution in [1.29, 1.82) is 0 Å². The summed E-state index contributed by atoms with van der Waals surface area (Å²) in [6.07, 6.45) is 0. The number of anilines is 1. The number of halogens is 2. The second-order valence-corrected chi connectivity index (χ2v) is 7.75. The highest BCUT2D eigenvalue weighted by Gasteiger charge is 2.22. The molecule has 1 rings (SSSR count). The van der Waals surface area contributed by atoms with Crippen LogP contribution in [0.1, 0.15) is 20.8 Å². The molecule has 0 atom stereocenters. The maximum atomic E-state index is 11.9. The molecular formula is C11H15Cl2NO3S. The number of nitrogens with one attached hydrogen (secondary N) is 1. The second-order valence-electron chi connectivity index (χ2n) is 5.21. The van der Waals surface area contributed by atoms with Gasteiger partial charge in [0.25, 0.3) is 0 Å². The predicted molar refractivity (Wildman–Crippen MR) is 75.0 cm³/mol. The topological polar surface area (TPSA) is 66.4 Å². The highest BCUT2D eigenvalue weighted by atomic mass is 35.5. The standard InChI is InChI=1S/C11H15Cl2NO3S/c1-11(2,3)6-18(16,17)14-7-4-8(12)10(15)9(13)5-7/h4-5,14-15H,6H2,1-3H3. The Morgan fingerprint density at radius 3 is 2.06 bits per heavy atom. The summed E-state index contributed by atoms with van der Waals surface area (Å²) < 4.78 is 26.1. The van der Waals surface area contributed by atoms with E-state index in [1.54, 1.807) is 0 Å². The van der Waals surface area contributed by atoms with Gasteiger partial charge in [0.1, 0.15) is 0 Å². The number of phenolic OH excluding ortho intramolecular Hbond substituents is 1. The molecule has 0 unspecified atom stereocenters. The van der Waals surface area contributed by atoms with Crippen LogP contribution in [0, 0.1) is 5.41 Å². The number of sulfonamides is 1. The van der Waals surface area contributed by atoms with E-state index in [0.29, 0.717) is 0 Å². The molecule has 0 saturated carbocycles. The van der Waals surface area contributed by atoms with E-state index in [4.69, 9.17) is 23.2 Å². The SMILES string of the molecule is CC(C)(C)CS(=O)(=O)Nc1cc(Cl)c(O)c(Cl)c1. The van der Waals surface area contributed by atoms with Crippen molar-refractivity contribution in [2.45, 2.75) is 20.8 Å². The van der Waals surface area contributed by atoms with Gasteiger partial charge in [-0.1, -0.05) is 44.0 Å². The van der Waals surface area contributed by atoms with E-state index < -0.39 is 10.0 Å². The molecular weight excluding hydrogens is 297 g/mol. The Labute approximate surface area is 117 Å². The molecule has 18 heavy (non-hydrogen) atoms. The van der Waals surface area contributed by atoms with Crippen LogP contribution in [-0.2, 0) is 10.0 Å². The summed E-state index contributed by atoms with van der Waals surface area (Å²) >= 11 is 11.4. The molecule has 0 heterocycles. The van der Waals surface area contributed by atoms with Crippen molar-refractivity contribution < 1.29 is 13.5 Å². The Hall–Kier alpha value is -0.650. The Balaban J connectivity index is 2.99. The summed E-state index contributed by atoms with van der Waals surface area (Å²) in [4.78, 5) is 0. The third kappa shape index (κ3) is 4.55. The fourth-order valence-corrected chi connectivity index (χ4v) is 3.59. The van der Waals surface area contributed by atoms with Gasteiger partial charge < -0.3 is 5.11 Å². The van der Waals surface area contributed by atoms with Crippen molar-refractivity contribution in [3.8, 4) is 5.75 Å². The number of aromatic hydroxyl groups is 1. The van der Waals surface area contributed by atoms with Gasteiger partial charge in [-0.3, -0.25) is 4.72 Å². The van der Waals surface area contributed by atoms with Crippen molar-refractivity contribution in [2.75, 3.05) is 10.5 Å². The molecule has 0 saturated heterocycles. The first kappa shape index (κ1) is 15.4. The maximum Gasteiger partial charge on any atom is 0.233 e. The summed E-state index contributed by atoms with van der Waals surface area (Å²) in [6.45, 7) is 5.47. The van der Waals surface area contributed by atoms with Crippen molar-refractivity contribution >= 4 is 38.9 Å². The van der Waals surface area contributed by atoms with E-state index in [-0.39, 0.29) is 32.7 Å². The lowest BCUT2D eigenvalue weighted by Crippen LogP contribution is -2.26. The van der Waals surface area contributed by atoms with Crippen molar-refractivity contribution in [3.05, 3.63) is 22.2 Å². The number of hydrogen-bond acceptors (Lipinski definition) is 3. The van der Waals surface area contributed by atoms with Gasteiger partial charge in [-0.15, -0.1) is 0 Å². The lowest BCUT2D eigenvalue weighted by molar-refractivity contribution is 0.463. The van der Waals surface area contributed by atoms with Crippen LogP contribution in [0.15, 0.2) is 12.1 Å². The van der Waals surface area contributed by atoms with Gasteiger partial charge in [0.15, 0.2) is 5.75 Å². The van der Waals surface area contributed by atoms with Crippen LogP contribution in [0.25, 0.3) is 0 Å². The molecule has 102 valence electrons. The maximum absolute atomic E-state index is 11.9. The zero-order valence-corrected chi connectivity index (χ0v) is 12.6. The summed E-state index contributed by atoms with van der Waals surface area (Å²) in [6, 6.07) is 2.62. The normalized spacial score (nSPS) is 12.5. The number of hydrogen-bond donors (Lipinski definition) is 2. The first-order valence-electron chi connectivity index (χ1n) is 5.19. The van der Waals surface area contributed by atoms with E-state index in [1.165, 1.54) is 12.1 Å². The molecule has 1 aromatic rings. The quantitative estimate of drug-likeness (QED) is 0.840. The van der Waals surface area contributed by atoms with Crippen LogP contribution in [-0.4, -0.2) is 19.3 Å². The third-order valence-electron chi connectivity index (χ3n) is 1.91. The van der Waals surface area contributed by atoms with E-state index in [9.17, 15) is 13.5 Å². The predicted octanol–water partition coefficient (Wildman–Crippen LogP) is 3.49. The molecule has 0 aromatic heterocycles. The van der Waals surface area contributed by atoms with Crippen LogP contribution >= 0.6 is 23.2 Å². The average molecular weight is 312 g/mol. The fraction of sp³-hybridized carbons (Fsp3) is 0.455. The number of rotatable bonds is 3.